The smallest absolute Gasteiger partial charge is 0.116 e. The number of H-pyrrole nitrogens is 1. The van der Waals surface area contributed by atoms with Crippen LogP contribution < -0.4 is 0 Å². The van der Waals surface area contributed by atoms with E-state index in [0.717, 1.165) is 18.5 Å². The van der Waals surface area contributed by atoms with Crippen molar-refractivity contribution in [2.45, 2.75) is 31.8 Å². The first kappa shape index (κ1) is 8.51. The maximum Gasteiger partial charge on any atom is 0.116 e. The van der Waals surface area contributed by atoms with Gasteiger partial charge in [-0.05, 0) is 31.2 Å². The molecule has 0 aliphatic heterocycles. The molecular formula is C10H14N2O. The van der Waals surface area contributed by atoms with E-state index < -0.39 is 6.10 Å². The lowest BCUT2D eigenvalue weighted by Gasteiger charge is -2.12. The van der Waals surface area contributed by atoms with Crippen LogP contribution in [0.15, 0.2) is 12.7 Å². The van der Waals surface area contributed by atoms with Gasteiger partial charge in [0.2, 0.25) is 0 Å². The van der Waals surface area contributed by atoms with Crippen molar-refractivity contribution in [2.75, 3.05) is 0 Å². The molecule has 1 aliphatic carbocycles. The Kier molecular flexibility index (Phi) is 2.19. The molecule has 1 unspecified atom stereocenters. The Bertz CT molecular complexity index is 317. The molecule has 2 N–H and O–H groups in total. The molecule has 0 spiro atoms. The summed E-state index contributed by atoms with van der Waals surface area (Å²) in [7, 11) is 0. The highest BCUT2D eigenvalue weighted by Gasteiger charge is 2.19. The van der Waals surface area contributed by atoms with Crippen LogP contribution in [0.4, 0.5) is 0 Å². The molecule has 70 valence electrons. The van der Waals surface area contributed by atoms with E-state index in [-0.39, 0.29) is 0 Å². The van der Waals surface area contributed by atoms with Crippen LogP contribution in [0.1, 0.15) is 35.9 Å². The van der Waals surface area contributed by atoms with Crippen LogP contribution in [-0.4, -0.2) is 15.3 Å². The number of aliphatic hydroxyl groups excluding tert-OH is 1. The van der Waals surface area contributed by atoms with Gasteiger partial charge in [-0.3, -0.25) is 5.10 Å². The number of aromatic amines is 1. The SMILES string of the molecule is C=CC(O)c1n[nH]c2c1CCCC2. The van der Waals surface area contributed by atoms with E-state index in [1.165, 1.54) is 30.2 Å². The molecule has 0 amide bonds. The summed E-state index contributed by atoms with van der Waals surface area (Å²) in [4.78, 5) is 0. The largest absolute Gasteiger partial charge is 0.383 e. The van der Waals surface area contributed by atoms with Gasteiger partial charge in [-0.15, -0.1) is 6.58 Å². The van der Waals surface area contributed by atoms with Crippen LogP contribution in [0.3, 0.4) is 0 Å². The van der Waals surface area contributed by atoms with Gasteiger partial charge in [-0.1, -0.05) is 6.08 Å². The number of fused-ring (bicyclic) bond motifs is 1. The van der Waals surface area contributed by atoms with Gasteiger partial charge in [0.05, 0.1) is 5.69 Å². The van der Waals surface area contributed by atoms with Crippen molar-refractivity contribution >= 4 is 0 Å². The third-order valence-corrected chi connectivity index (χ3v) is 2.59. The second-order valence-electron chi connectivity index (χ2n) is 3.45. The third-order valence-electron chi connectivity index (χ3n) is 2.59. The second kappa shape index (κ2) is 3.34. The molecule has 1 aromatic rings. The van der Waals surface area contributed by atoms with Gasteiger partial charge in [0.15, 0.2) is 0 Å². The van der Waals surface area contributed by atoms with Crippen LogP contribution >= 0.6 is 0 Å². The lowest BCUT2D eigenvalue weighted by atomic mass is 9.94. The standard InChI is InChI=1S/C10H14N2O/c1-2-9(13)10-7-5-3-4-6-8(7)11-12-10/h2,9,13H,1,3-6H2,(H,11,12). The van der Waals surface area contributed by atoms with Crippen molar-refractivity contribution in [2.24, 2.45) is 0 Å². The maximum atomic E-state index is 9.57. The van der Waals surface area contributed by atoms with E-state index in [1.807, 2.05) is 0 Å². The molecule has 3 heteroatoms. The normalized spacial score (nSPS) is 17.9. The van der Waals surface area contributed by atoms with Crippen LogP contribution in [0, 0.1) is 0 Å². The molecule has 1 aromatic heterocycles. The summed E-state index contributed by atoms with van der Waals surface area (Å²) in [6.07, 6.45) is 5.42. The molecule has 0 saturated carbocycles. The van der Waals surface area contributed by atoms with Crippen molar-refractivity contribution in [1.82, 2.24) is 10.2 Å². The Morgan fingerprint density at radius 3 is 3.00 bits per heavy atom. The molecule has 1 heterocycles. The Morgan fingerprint density at radius 1 is 1.46 bits per heavy atom. The van der Waals surface area contributed by atoms with Crippen molar-refractivity contribution in [3.8, 4) is 0 Å². The Labute approximate surface area is 77.5 Å². The van der Waals surface area contributed by atoms with Gasteiger partial charge in [-0.25, -0.2) is 0 Å². The summed E-state index contributed by atoms with van der Waals surface area (Å²) in [5.74, 6) is 0. The number of nitrogens with one attached hydrogen (secondary N) is 1. The fourth-order valence-electron chi connectivity index (χ4n) is 1.86. The lowest BCUT2D eigenvalue weighted by molar-refractivity contribution is 0.222. The van der Waals surface area contributed by atoms with E-state index in [4.69, 9.17) is 0 Å². The van der Waals surface area contributed by atoms with Crippen molar-refractivity contribution in [1.29, 1.82) is 0 Å². The van der Waals surface area contributed by atoms with Crippen molar-refractivity contribution in [3.05, 3.63) is 29.6 Å². The molecule has 3 nitrogen and oxygen atoms in total. The van der Waals surface area contributed by atoms with Crippen LogP contribution in [-0.2, 0) is 12.8 Å². The zero-order chi connectivity index (χ0) is 9.26. The molecule has 13 heavy (non-hydrogen) atoms. The fraction of sp³-hybridized carbons (Fsp3) is 0.500. The molecule has 0 saturated heterocycles. The minimum atomic E-state index is -0.613. The number of hydrogen-bond donors (Lipinski definition) is 2. The molecule has 1 atom stereocenters. The average molecular weight is 178 g/mol. The predicted octanol–water partition coefficient (Wildman–Crippen LogP) is 1.51. The first-order valence-corrected chi connectivity index (χ1v) is 4.69. The average Bonchev–Trinajstić information content (AvgIpc) is 2.60. The zero-order valence-electron chi connectivity index (χ0n) is 7.58. The van der Waals surface area contributed by atoms with Gasteiger partial charge in [-0.2, -0.15) is 5.10 Å². The molecule has 0 radical (unpaired) electrons. The van der Waals surface area contributed by atoms with Crippen molar-refractivity contribution < 1.29 is 5.11 Å². The lowest BCUT2D eigenvalue weighted by Crippen LogP contribution is -2.04. The zero-order valence-corrected chi connectivity index (χ0v) is 7.58. The fourth-order valence-corrected chi connectivity index (χ4v) is 1.86. The van der Waals surface area contributed by atoms with Gasteiger partial charge >= 0.3 is 0 Å². The Hall–Kier alpha value is -1.09. The summed E-state index contributed by atoms with van der Waals surface area (Å²) in [5, 5.41) is 16.7. The van der Waals surface area contributed by atoms with Crippen molar-refractivity contribution in [3.63, 3.8) is 0 Å². The molecule has 0 fully saturated rings. The van der Waals surface area contributed by atoms with Crippen LogP contribution in [0.25, 0.3) is 0 Å². The number of nitrogens with zero attached hydrogens (tertiary/aromatic N) is 1. The molecule has 1 aliphatic rings. The highest BCUT2D eigenvalue weighted by atomic mass is 16.3. The number of aliphatic hydroxyl groups is 1. The number of aromatic nitrogens is 2. The highest BCUT2D eigenvalue weighted by Crippen LogP contribution is 2.26. The summed E-state index contributed by atoms with van der Waals surface area (Å²) >= 11 is 0. The predicted molar refractivity (Wildman–Crippen MR) is 50.4 cm³/mol. The number of hydrogen-bond acceptors (Lipinski definition) is 2. The first-order chi connectivity index (χ1) is 6.33. The van der Waals surface area contributed by atoms with E-state index in [9.17, 15) is 5.11 Å². The topological polar surface area (TPSA) is 48.9 Å². The monoisotopic (exact) mass is 178 g/mol. The van der Waals surface area contributed by atoms with Crippen LogP contribution in [0.2, 0.25) is 0 Å². The van der Waals surface area contributed by atoms with E-state index in [0.29, 0.717) is 0 Å². The molecule has 0 aromatic carbocycles. The number of rotatable bonds is 2. The summed E-state index contributed by atoms with van der Waals surface area (Å²) in [6, 6.07) is 0. The van der Waals surface area contributed by atoms with E-state index in [2.05, 4.69) is 16.8 Å². The molecule has 2 rings (SSSR count). The van der Waals surface area contributed by atoms with Gasteiger partial charge in [0.25, 0.3) is 0 Å². The van der Waals surface area contributed by atoms with Gasteiger partial charge in [0.1, 0.15) is 6.10 Å². The van der Waals surface area contributed by atoms with Gasteiger partial charge in [0, 0.05) is 5.69 Å². The van der Waals surface area contributed by atoms with E-state index >= 15 is 0 Å². The quantitative estimate of drug-likeness (QED) is 0.674. The summed E-state index contributed by atoms with van der Waals surface area (Å²) in [6.45, 7) is 3.56. The Balaban J connectivity index is 2.36. The highest BCUT2D eigenvalue weighted by molar-refractivity contribution is 5.30. The summed E-state index contributed by atoms with van der Waals surface area (Å²) < 4.78 is 0. The van der Waals surface area contributed by atoms with E-state index in [1.54, 1.807) is 0 Å². The minimum absolute atomic E-state index is 0.613. The van der Waals surface area contributed by atoms with Crippen LogP contribution in [0.5, 0.6) is 0 Å². The maximum absolute atomic E-state index is 9.57. The molecular weight excluding hydrogens is 164 g/mol. The molecule has 0 bridgehead atoms. The Morgan fingerprint density at radius 2 is 2.23 bits per heavy atom. The minimum Gasteiger partial charge on any atom is -0.383 e. The summed E-state index contributed by atoms with van der Waals surface area (Å²) in [5.41, 5.74) is 3.17. The first-order valence-electron chi connectivity index (χ1n) is 4.69. The third kappa shape index (κ3) is 1.40. The number of aryl methyl sites for hydroxylation is 1. The van der Waals surface area contributed by atoms with Gasteiger partial charge < -0.3 is 5.11 Å². The second-order valence-corrected chi connectivity index (χ2v) is 3.45.